The number of non-ortho nitro benzene ring substituents is 1. The van der Waals surface area contributed by atoms with Crippen molar-refractivity contribution in [1.82, 2.24) is 0 Å². The summed E-state index contributed by atoms with van der Waals surface area (Å²) in [7, 11) is 0. The van der Waals surface area contributed by atoms with Crippen molar-refractivity contribution in [2.24, 2.45) is 0 Å². The lowest BCUT2D eigenvalue weighted by Crippen LogP contribution is -2.52. The highest BCUT2D eigenvalue weighted by Crippen LogP contribution is 2.39. The number of aliphatic hydroxyl groups excluding tert-OH is 1. The molecule has 1 aromatic carbocycles. The number of Topliss-reactive ketones (excluding diaryl/α,β-unsaturated/α-hetero) is 1. The van der Waals surface area contributed by atoms with E-state index in [9.17, 15) is 25.1 Å². The second kappa shape index (κ2) is 3.90. The summed E-state index contributed by atoms with van der Waals surface area (Å²) in [4.78, 5) is 21.1. The van der Waals surface area contributed by atoms with Gasteiger partial charge < -0.3 is 10.2 Å². The third-order valence-electron chi connectivity index (χ3n) is 3.09. The number of rotatable bonds is 3. The average Bonchev–Trinajstić information content (AvgIpc) is 2.35. The highest BCUT2D eigenvalue weighted by molar-refractivity contribution is 5.93. The predicted molar refractivity (Wildman–Crippen MR) is 57.2 cm³/mol. The van der Waals surface area contributed by atoms with Crippen molar-refractivity contribution in [1.29, 1.82) is 0 Å². The lowest BCUT2D eigenvalue weighted by Gasteiger charge is -2.38. The van der Waals surface area contributed by atoms with Gasteiger partial charge in [-0.15, -0.1) is 0 Å². The second-order valence-electron chi connectivity index (χ2n) is 4.10. The summed E-state index contributed by atoms with van der Waals surface area (Å²) in [6.07, 6.45) is -0.866. The van der Waals surface area contributed by atoms with Gasteiger partial charge in [0, 0.05) is 18.6 Å². The molecule has 1 aliphatic rings. The summed E-state index contributed by atoms with van der Waals surface area (Å²) < 4.78 is 0. The van der Waals surface area contributed by atoms with Crippen LogP contribution in [0.5, 0.6) is 0 Å². The fourth-order valence-electron chi connectivity index (χ4n) is 1.83. The van der Waals surface area contributed by atoms with E-state index in [0.717, 1.165) is 0 Å². The Hall–Kier alpha value is -1.79. The number of benzene rings is 1. The van der Waals surface area contributed by atoms with Crippen molar-refractivity contribution >= 4 is 11.5 Å². The number of ketones is 1. The monoisotopic (exact) mass is 237 g/mol. The zero-order chi connectivity index (χ0) is 12.6. The fraction of sp³-hybridized carbons (Fsp3) is 0.364. The number of nitro benzene ring substituents is 1. The Morgan fingerprint density at radius 2 is 1.94 bits per heavy atom. The van der Waals surface area contributed by atoms with Gasteiger partial charge in [-0.25, -0.2) is 0 Å². The van der Waals surface area contributed by atoms with Gasteiger partial charge in [0.25, 0.3) is 5.69 Å². The minimum Gasteiger partial charge on any atom is -0.385 e. The maximum atomic E-state index is 11.2. The zero-order valence-electron chi connectivity index (χ0n) is 8.87. The molecule has 6 nitrogen and oxygen atoms in total. The number of hydrogen-bond donors (Lipinski definition) is 2. The van der Waals surface area contributed by atoms with Crippen LogP contribution in [-0.4, -0.2) is 26.5 Å². The van der Waals surface area contributed by atoms with Gasteiger partial charge in [0.15, 0.2) is 11.4 Å². The van der Waals surface area contributed by atoms with Gasteiger partial charge in [0.2, 0.25) is 0 Å². The molecule has 0 radical (unpaired) electrons. The number of carbonyl (C=O) groups is 1. The lowest BCUT2D eigenvalue weighted by molar-refractivity contribution is -0.384. The molecule has 1 aromatic rings. The van der Waals surface area contributed by atoms with Crippen molar-refractivity contribution in [3.05, 3.63) is 39.9 Å². The summed E-state index contributed by atoms with van der Waals surface area (Å²) in [6, 6.07) is 5.13. The highest BCUT2D eigenvalue weighted by atomic mass is 16.6. The van der Waals surface area contributed by atoms with Gasteiger partial charge in [-0.1, -0.05) is 0 Å². The first-order chi connectivity index (χ1) is 7.95. The quantitative estimate of drug-likeness (QED) is 0.596. The van der Waals surface area contributed by atoms with Crippen LogP contribution in [-0.2, 0) is 4.79 Å². The number of nitrogens with zero attached hydrogens (tertiary/aromatic N) is 1. The van der Waals surface area contributed by atoms with Gasteiger partial charge in [-0.2, -0.15) is 0 Å². The lowest BCUT2D eigenvalue weighted by atomic mass is 9.73. The zero-order valence-corrected chi connectivity index (χ0v) is 8.87. The Morgan fingerprint density at radius 3 is 2.29 bits per heavy atom. The van der Waals surface area contributed by atoms with E-state index in [4.69, 9.17) is 0 Å². The van der Waals surface area contributed by atoms with E-state index in [2.05, 4.69) is 0 Å². The topological polar surface area (TPSA) is 101 Å². The van der Waals surface area contributed by atoms with Crippen molar-refractivity contribution in [3.63, 3.8) is 0 Å². The van der Waals surface area contributed by atoms with Crippen LogP contribution in [0.15, 0.2) is 24.3 Å². The molecule has 2 rings (SSSR count). The van der Waals surface area contributed by atoms with Gasteiger partial charge >= 0.3 is 0 Å². The van der Waals surface area contributed by atoms with E-state index in [0.29, 0.717) is 5.56 Å². The van der Waals surface area contributed by atoms with Crippen LogP contribution in [0.25, 0.3) is 0 Å². The van der Waals surface area contributed by atoms with E-state index in [1.54, 1.807) is 0 Å². The smallest absolute Gasteiger partial charge is 0.269 e. The molecule has 1 aliphatic carbocycles. The van der Waals surface area contributed by atoms with E-state index in [1.807, 2.05) is 0 Å². The maximum Gasteiger partial charge on any atom is 0.269 e. The van der Waals surface area contributed by atoms with Gasteiger partial charge in [-0.3, -0.25) is 14.9 Å². The summed E-state index contributed by atoms with van der Waals surface area (Å²) in [6.45, 7) is 0. The van der Waals surface area contributed by atoms with Crippen LogP contribution in [0.4, 0.5) is 5.69 Å². The summed E-state index contributed by atoms with van der Waals surface area (Å²) in [5.74, 6) is -0.400. The Morgan fingerprint density at radius 1 is 1.35 bits per heavy atom. The molecule has 0 unspecified atom stereocenters. The van der Waals surface area contributed by atoms with Crippen LogP contribution in [0, 0.1) is 10.1 Å². The molecule has 6 heteroatoms. The molecular weight excluding hydrogens is 226 g/mol. The molecule has 0 heterocycles. The van der Waals surface area contributed by atoms with E-state index in [-0.39, 0.29) is 18.5 Å². The maximum absolute atomic E-state index is 11.2. The highest BCUT2D eigenvalue weighted by Gasteiger charge is 2.50. The molecule has 0 spiro atoms. The molecule has 90 valence electrons. The van der Waals surface area contributed by atoms with Crippen molar-refractivity contribution in [2.45, 2.75) is 24.5 Å². The number of carbonyl (C=O) groups excluding carboxylic acids is 1. The van der Waals surface area contributed by atoms with Crippen LogP contribution in [0.2, 0.25) is 0 Å². The summed E-state index contributed by atoms with van der Waals surface area (Å²) in [5, 5.41) is 30.1. The van der Waals surface area contributed by atoms with Gasteiger partial charge in [0.1, 0.15) is 6.10 Å². The molecule has 0 saturated heterocycles. The SMILES string of the molecule is O=C1CC[C@@]1(O)[C@H](O)c1ccc([N+](=O)[O-])cc1. The Bertz CT molecular complexity index is 469. The molecule has 0 bridgehead atoms. The first kappa shape index (κ1) is 11.7. The van der Waals surface area contributed by atoms with Crippen molar-refractivity contribution in [2.75, 3.05) is 0 Å². The largest absolute Gasteiger partial charge is 0.385 e. The Balaban J connectivity index is 2.23. The molecule has 1 fully saturated rings. The van der Waals surface area contributed by atoms with E-state index < -0.39 is 22.4 Å². The summed E-state index contributed by atoms with van der Waals surface area (Å²) in [5.41, 5.74) is -1.53. The molecule has 0 aromatic heterocycles. The van der Waals surface area contributed by atoms with Crippen LogP contribution < -0.4 is 0 Å². The van der Waals surface area contributed by atoms with Crippen molar-refractivity contribution in [3.8, 4) is 0 Å². The van der Waals surface area contributed by atoms with Gasteiger partial charge in [-0.05, 0) is 24.1 Å². The second-order valence-corrected chi connectivity index (χ2v) is 4.10. The molecule has 0 aliphatic heterocycles. The summed E-state index contributed by atoms with van der Waals surface area (Å²) >= 11 is 0. The van der Waals surface area contributed by atoms with Crippen LogP contribution in [0.1, 0.15) is 24.5 Å². The standard InChI is InChI=1S/C11H11NO5/c13-9-5-6-11(9,15)10(14)7-1-3-8(4-2-7)12(16)17/h1-4,10,14-15H,5-6H2/t10-,11+/m1/s1. The number of hydrogen-bond acceptors (Lipinski definition) is 5. The third-order valence-corrected chi connectivity index (χ3v) is 3.09. The van der Waals surface area contributed by atoms with E-state index >= 15 is 0 Å². The van der Waals surface area contributed by atoms with Crippen LogP contribution in [0.3, 0.4) is 0 Å². The van der Waals surface area contributed by atoms with Gasteiger partial charge in [0.05, 0.1) is 4.92 Å². The Kier molecular flexibility index (Phi) is 2.68. The molecule has 2 N–H and O–H groups in total. The minimum atomic E-state index is -1.73. The molecule has 1 saturated carbocycles. The number of aliphatic hydroxyl groups is 2. The first-order valence-electron chi connectivity index (χ1n) is 5.13. The third kappa shape index (κ3) is 1.81. The number of nitro groups is 1. The molecule has 17 heavy (non-hydrogen) atoms. The van der Waals surface area contributed by atoms with Crippen molar-refractivity contribution < 1.29 is 19.9 Å². The normalized spacial score (nSPS) is 25.2. The molecular formula is C11H11NO5. The fourth-order valence-corrected chi connectivity index (χ4v) is 1.83. The first-order valence-corrected chi connectivity index (χ1v) is 5.13. The minimum absolute atomic E-state index is 0.104. The van der Waals surface area contributed by atoms with E-state index in [1.165, 1.54) is 24.3 Å². The Labute approximate surface area is 96.7 Å². The predicted octanol–water partition coefficient (Wildman–Crippen LogP) is 0.722. The molecule has 2 atom stereocenters. The molecule has 0 amide bonds. The average molecular weight is 237 g/mol. The van der Waals surface area contributed by atoms with Crippen LogP contribution >= 0.6 is 0 Å².